The number of pyridine rings is 1. The van der Waals surface area contributed by atoms with Crippen LogP contribution in [-0.2, 0) is 23.3 Å². The molecule has 1 aromatic heterocycles. The van der Waals surface area contributed by atoms with Crippen molar-refractivity contribution in [3.8, 4) is 0 Å². The van der Waals surface area contributed by atoms with E-state index in [1.54, 1.807) is 0 Å². The van der Waals surface area contributed by atoms with E-state index in [1.165, 1.54) is 0 Å². The summed E-state index contributed by atoms with van der Waals surface area (Å²) >= 11 is 4.11. The van der Waals surface area contributed by atoms with Crippen LogP contribution in [0.25, 0.3) is 0 Å². The molecule has 0 unspecified atom stereocenters. The summed E-state index contributed by atoms with van der Waals surface area (Å²) in [4.78, 5) is 0. The van der Waals surface area contributed by atoms with Crippen molar-refractivity contribution in [2.75, 3.05) is 5.75 Å². The minimum absolute atomic E-state index is 0.105. The maximum atomic E-state index is 10.7. The first-order valence-electron chi connectivity index (χ1n) is 4.83. The zero-order valence-corrected chi connectivity index (χ0v) is 11.3. The van der Waals surface area contributed by atoms with Crippen molar-refractivity contribution in [1.29, 1.82) is 0 Å². The third-order valence-electron chi connectivity index (χ3n) is 1.74. The highest BCUT2D eigenvalue weighted by molar-refractivity contribution is 7.86. The molecule has 0 fully saturated rings. The number of alkyl halides is 3. The van der Waals surface area contributed by atoms with E-state index in [0.29, 0.717) is 0 Å². The summed E-state index contributed by atoms with van der Waals surface area (Å²) in [5, 5.41) is 8.80. The molecule has 5 nitrogen and oxygen atoms in total. The van der Waals surface area contributed by atoms with Gasteiger partial charge in [-0.05, 0) is 6.07 Å². The predicted molar refractivity (Wildman–Crippen MR) is 62.2 cm³/mol. The van der Waals surface area contributed by atoms with Gasteiger partial charge in [-0.15, -0.1) is 0 Å². The van der Waals surface area contributed by atoms with Gasteiger partial charge in [-0.3, -0.25) is 0 Å². The second kappa shape index (κ2) is 7.68. The SMILES string of the molecule is O=S(=O)([O-])C(F)(F)F.OCc1ccc[n+](CCS)c1. The van der Waals surface area contributed by atoms with Crippen LogP contribution in [0.4, 0.5) is 13.2 Å². The first-order valence-corrected chi connectivity index (χ1v) is 6.87. The van der Waals surface area contributed by atoms with E-state index in [1.807, 2.05) is 29.1 Å². The average Bonchev–Trinajstić information content (AvgIpc) is 2.28. The normalized spacial score (nSPS) is 11.7. The van der Waals surface area contributed by atoms with Crippen molar-refractivity contribution in [1.82, 2.24) is 0 Å². The Morgan fingerprint density at radius 2 is 1.95 bits per heavy atom. The lowest BCUT2D eigenvalue weighted by Gasteiger charge is -2.08. The molecular weight excluding hydrogens is 307 g/mol. The topological polar surface area (TPSA) is 81.3 Å². The molecule has 1 heterocycles. The van der Waals surface area contributed by atoms with Gasteiger partial charge < -0.3 is 9.66 Å². The zero-order valence-electron chi connectivity index (χ0n) is 9.54. The first-order chi connectivity index (χ1) is 8.61. The van der Waals surface area contributed by atoms with E-state index >= 15 is 0 Å². The summed E-state index contributed by atoms with van der Waals surface area (Å²) in [5.41, 5.74) is -4.71. The number of nitrogens with zero attached hydrogens (tertiary/aromatic N) is 1. The molecule has 110 valence electrons. The van der Waals surface area contributed by atoms with E-state index in [4.69, 9.17) is 18.1 Å². The van der Waals surface area contributed by atoms with Crippen molar-refractivity contribution >= 4 is 22.7 Å². The lowest BCUT2D eigenvalue weighted by atomic mass is 10.3. The molecule has 0 radical (unpaired) electrons. The van der Waals surface area contributed by atoms with E-state index in [-0.39, 0.29) is 6.61 Å². The molecular formula is C9H12F3NO4S2. The standard InChI is InChI=1S/C8H11NOS.CHF3O3S/c10-7-8-2-1-3-9(6-8)4-5-11;2-1(3,4)8(5,6)7/h1-3,6,10H,4-5,7H2;(H,5,6,7). The Balaban J connectivity index is 0.000000362. The Kier molecular flexibility index (Phi) is 7.34. The maximum absolute atomic E-state index is 10.7. The molecule has 19 heavy (non-hydrogen) atoms. The number of hydrogen-bond acceptors (Lipinski definition) is 5. The van der Waals surface area contributed by atoms with Crippen molar-refractivity contribution in [3.63, 3.8) is 0 Å². The van der Waals surface area contributed by atoms with Gasteiger partial charge in [-0.2, -0.15) is 25.8 Å². The summed E-state index contributed by atoms with van der Waals surface area (Å²) in [7, 11) is -6.09. The van der Waals surface area contributed by atoms with Crippen LogP contribution in [0, 0.1) is 0 Å². The van der Waals surface area contributed by atoms with Crippen LogP contribution >= 0.6 is 12.6 Å². The van der Waals surface area contributed by atoms with Gasteiger partial charge in [0.25, 0.3) is 0 Å². The van der Waals surface area contributed by atoms with E-state index in [9.17, 15) is 13.2 Å². The molecule has 1 rings (SSSR count). The quantitative estimate of drug-likeness (QED) is 0.367. The average molecular weight is 319 g/mol. The van der Waals surface area contributed by atoms with Crippen molar-refractivity contribution in [2.24, 2.45) is 0 Å². The molecule has 0 aliphatic carbocycles. The van der Waals surface area contributed by atoms with Gasteiger partial charge in [0.05, 0.1) is 6.61 Å². The highest BCUT2D eigenvalue weighted by Crippen LogP contribution is 2.20. The molecule has 0 bridgehead atoms. The Bertz CT molecular complexity index is 490. The van der Waals surface area contributed by atoms with Gasteiger partial charge in [0, 0.05) is 17.4 Å². The maximum Gasteiger partial charge on any atom is 0.485 e. The molecule has 1 aromatic rings. The Hall–Kier alpha value is -0.840. The molecule has 10 heteroatoms. The largest absolute Gasteiger partial charge is 0.741 e. The molecule has 0 atom stereocenters. The van der Waals surface area contributed by atoms with Crippen LogP contribution in [0.15, 0.2) is 24.5 Å². The molecule has 0 saturated carbocycles. The second-order valence-electron chi connectivity index (χ2n) is 3.23. The molecule has 0 spiro atoms. The Morgan fingerprint density at radius 1 is 1.42 bits per heavy atom. The minimum Gasteiger partial charge on any atom is -0.741 e. The summed E-state index contributed by atoms with van der Waals surface area (Å²) in [6.07, 6.45) is 3.89. The van der Waals surface area contributed by atoms with Crippen LogP contribution in [-0.4, -0.2) is 29.3 Å². The molecule has 0 saturated heterocycles. The minimum atomic E-state index is -6.09. The third-order valence-corrected chi connectivity index (χ3v) is 2.51. The van der Waals surface area contributed by atoms with Gasteiger partial charge in [-0.1, -0.05) is 0 Å². The molecule has 0 aromatic carbocycles. The molecule has 1 N–H and O–H groups in total. The van der Waals surface area contributed by atoms with Gasteiger partial charge >= 0.3 is 5.51 Å². The number of thiol groups is 1. The highest BCUT2D eigenvalue weighted by Gasteiger charge is 2.36. The van der Waals surface area contributed by atoms with Crippen molar-refractivity contribution < 1.29 is 35.8 Å². The van der Waals surface area contributed by atoms with E-state index in [0.717, 1.165) is 17.9 Å². The third kappa shape index (κ3) is 7.35. The lowest BCUT2D eigenvalue weighted by molar-refractivity contribution is -0.692. The van der Waals surface area contributed by atoms with Crippen LogP contribution < -0.4 is 4.57 Å². The molecule has 0 amide bonds. The molecule has 0 aliphatic rings. The fourth-order valence-corrected chi connectivity index (χ4v) is 1.16. The van der Waals surface area contributed by atoms with Gasteiger partial charge in [0.2, 0.25) is 0 Å². The zero-order chi connectivity index (χ0) is 15.1. The Morgan fingerprint density at radius 3 is 2.32 bits per heavy atom. The van der Waals surface area contributed by atoms with Gasteiger partial charge in [-0.25, -0.2) is 13.0 Å². The fourth-order valence-electron chi connectivity index (χ4n) is 0.924. The predicted octanol–water partition coefficient (Wildman–Crippen LogP) is 0.448. The van der Waals surface area contributed by atoms with Crippen LogP contribution in [0.1, 0.15) is 5.56 Å². The highest BCUT2D eigenvalue weighted by atomic mass is 32.2. The summed E-state index contributed by atoms with van der Waals surface area (Å²) in [6, 6.07) is 3.82. The van der Waals surface area contributed by atoms with Crippen molar-refractivity contribution in [3.05, 3.63) is 30.1 Å². The summed E-state index contributed by atoms with van der Waals surface area (Å²) in [6.45, 7) is 0.990. The first kappa shape index (κ1) is 18.2. The number of aromatic nitrogens is 1. The van der Waals surface area contributed by atoms with Crippen LogP contribution in [0.2, 0.25) is 0 Å². The van der Waals surface area contributed by atoms with E-state index in [2.05, 4.69) is 12.6 Å². The van der Waals surface area contributed by atoms with Crippen molar-refractivity contribution in [2.45, 2.75) is 18.7 Å². The van der Waals surface area contributed by atoms with E-state index < -0.39 is 15.6 Å². The number of aliphatic hydroxyl groups excluding tert-OH is 1. The summed E-state index contributed by atoms with van der Waals surface area (Å²) < 4.78 is 60.9. The summed E-state index contributed by atoms with van der Waals surface area (Å²) in [5.74, 6) is 0.819. The Labute approximate surface area is 113 Å². The number of hydrogen-bond donors (Lipinski definition) is 2. The second-order valence-corrected chi connectivity index (χ2v) is 5.05. The lowest BCUT2D eigenvalue weighted by Crippen LogP contribution is -2.34. The van der Waals surface area contributed by atoms with Crippen LogP contribution in [0.3, 0.4) is 0 Å². The smallest absolute Gasteiger partial charge is 0.485 e. The van der Waals surface area contributed by atoms with Gasteiger partial charge in [0.15, 0.2) is 29.1 Å². The number of halogens is 3. The monoisotopic (exact) mass is 319 g/mol. The molecule has 0 aliphatic heterocycles. The number of aliphatic hydroxyl groups is 1. The number of rotatable bonds is 3. The number of aryl methyl sites for hydroxylation is 1. The van der Waals surface area contributed by atoms with Gasteiger partial charge in [0.1, 0.15) is 0 Å². The fraction of sp³-hybridized carbons (Fsp3) is 0.444. The van der Waals surface area contributed by atoms with Crippen LogP contribution in [0.5, 0.6) is 0 Å².